The minimum atomic E-state index is -3.92. The zero-order valence-corrected chi connectivity index (χ0v) is 12.1. The number of rotatable bonds is 4. The second kappa shape index (κ2) is 5.48. The Balaban J connectivity index is 3.27. The van der Waals surface area contributed by atoms with Crippen LogP contribution in [0.25, 0.3) is 0 Å². The van der Waals surface area contributed by atoms with E-state index in [-0.39, 0.29) is 26.1 Å². The molecule has 2 N–H and O–H groups in total. The summed E-state index contributed by atoms with van der Waals surface area (Å²) in [4.78, 5) is 11.3. The fourth-order valence-corrected chi connectivity index (χ4v) is 2.58. The monoisotopic (exact) mass is 339 g/mol. The summed E-state index contributed by atoms with van der Waals surface area (Å²) in [6, 6.07) is 4.02. The molecule has 0 saturated carbocycles. The summed E-state index contributed by atoms with van der Waals surface area (Å²) >= 11 is 8.93. The number of ketones is 1. The zero-order chi connectivity index (χ0) is 13.2. The maximum atomic E-state index is 11.8. The van der Waals surface area contributed by atoms with Crippen LogP contribution >= 0.6 is 27.5 Å². The first kappa shape index (κ1) is 14.6. The molecule has 0 fully saturated rings. The molecule has 0 spiro atoms. The van der Waals surface area contributed by atoms with E-state index in [0.717, 1.165) is 0 Å². The van der Waals surface area contributed by atoms with Gasteiger partial charge in [0.15, 0.2) is 5.78 Å². The standard InChI is InChI=1S/C10H11BrClNO3S/c1-2-7(11)10(14)6-3-4-8(12)9(5-6)17(13,15)16/h3-5,7H,2H2,1H3,(H2,13,15,16). The van der Waals surface area contributed by atoms with Crippen molar-refractivity contribution in [1.82, 2.24) is 0 Å². The van der Waals surface area contributed by atoms with Crippen molar-refractivity contribution >= 4 is 43.3 Å². The molecule has 1 atom stereocenters. The molecule has 0 bridgehead atoms. The Hall–Kier alpha value is -0.430. The number of halogens is 2. The lowest BCUT2D eigenvalue weighted by Crippen LogP contribution is -2.16. The van der Waals surface area contributed by atoms with Crippen LogP contribution in [0.5, 0.6) is 0 Å². The van der Waals surface area contributed by atoms with Gasteiger partial charge in [-0.25, -0.2) is 13.6 Å². The third-order valence-electron chi connectivity index (χ3n) is 2.17. The maximum absolute atomic E-state index is 11.8. The van der Waals surface area contributed by atoms with Crippen molar-refractivity contribution in [2.45, 2.75) is 23.1 Å². The van der Waals surface area contributed by atoms with Gasteiger partial charge in [-0.2, -0.15) is 0 Å². The third kappa shape index (κ3) is 3.51. The maximum Gasteiger partial charge on any atom is 0.239 e. The molecule has 1 rings (SSSR count). The van der Waals surface area contributed by atoms with Gasteiger partial charge in [-0.3, -0.25) is 4.79 Å². The van der Waals surface area contributed by atoms with Gasteiger partial charge in [0.05, 0.1) is 9.85 Å². The first-order valence-electron chi connectivity index (χ1n) is 4.78. The number of alkyl halides is 1. The van der Waals surface area contributed by atoms with Crippen molar-refractivity contribution in [3.8, 4) is 0 Å². The summed E-state index contributed by atoms with van der Waals surface area (Å²) in [6.45, 7) is 1.84. The number of nitrogens with two attached hydrogens (primary N) is 1. The number of carbonyl (C=O) groups excluding carboxylic acids is 1. The van der Waals surface area contributed by atoms with E-state index < -0.39 is 10.0 Å². The number of hydrogen-bond donors (Lipinski definition) is 1. The van der Waals surface area contributed by atoms with Gasteiger partial charge in [0, 0.05) is 5.56 Å². The van der Waals surface area contributed by atoms with E-state index in [1.165, 1.54) is 18.2 Å². The van der Waals surface area contributed by atoms with Crippen LogP contribution in [0.4, 0.5) is 0 Å². The Morgan fingerprint density at radius 2 is 2.12 bits per heavy atom. The van der Waals surface area contributed by atoms with Crippen molar-refractivity contribution in [2.75, 3.05) is 0 Å². The number of Topliss-reactive ketones (excluding diaryl/α,β-unsaturated/α-hetero) is 1. The Labute approximate surface area is 113 Å². The molecule has 0 saturated heterocycles. The fourth-order valence-electron chi connectivity index (χ4n) is 1.24. The molecular formula is C10H11BrClNO3S. The lowest BCUT2D eigenvalue weighted by molar-refractivity contribution is 0.0990. The van der Waals surface area contributed by atoms with Crippen LogP contribution in [0.15, 0.2) is 23.1 Å². The van der Waals surface area contributed by atoms with Gasteiger partial charge in [0.2, 0.25) is 10.0 Å². The van der Waals surface area contributed by atoms with Gasteiger partial charge >= 0.3 is 0 Å². The summed E-state index contributed by atoms with van der Waals surface area (Å²) < 4.78 is 22.5. The molecule has 1 aromatic carbocycles. The van der Waals surface area contributed by atoms with E-state index in [1.807, 2.05) is 6.92 Å². The van der Waals surface area contributed by atoms with Crippen LogP contribution in [0.3, 0.4) is 0 Å². The second-order valence-corrected chi connectivity index (χ2v) is 6.47. The highest BCUT2D eigenvalue weighted by Crippen LogP contribution is 2.23. The van der Waals surface area contributed by atoms with Crippen molar-refractivity contribution in [1.29, 1.82) is 0 Å². The average Bonchev–Trinajstić information content (AvgIpc) is 2.26. The highest BCUT2D eigenvalue weighted by Gasteiger charge is 2.19. The molecule has 0 amide bonds. The molecule has 0 heterocycles. The predicted molar refractivity (Wildman–Crippen MR) is 70.2 cm³/mol. The zero-order valence-electron chi connectivity index (χ0n) is 8.98. The van der Waals surface area contributed by atoms with E-state index in [4.69, 9.17) is 16.7 Å². The normalized spacial score (nSPS) is 13.4. The van der Waals surface area contributed by atoms with Crippen LogP contribution < -0.4 is 5.14 Å². The highest BCUT2D eigenvalue weighted by molar-refractivity contribution is 9.10. The summed E-state index contributed by atoms with van der Waals surface area (Å²) in [5.41, 5.74) is 0.266. The van der Waals surface area contributed by atoms with Crippen molar-refractivity contribution < 1.29 is 13.2 Å². The molecule has 0 aliphatic carbocycles. The van der Waals surface area contributed by atoms with Crippen LogP contribution in [-0.4, -0.2) is 19.0 Å². The molecule has 17 heavy (non-hydrogen) atoms. The molecule has 0 aliphatic rings. The second-order valence-electron chi connectivity index (χ2n) is 3.43. The Morgan fingerprint density at radius 1 is 1.53 bits per heavy atom. The number of benzene rings is 1. The lowest BCUT2D eigenvalue weighted by Gasteiger charge is -2.08. The summed E-state index contributed by atoms with van der Waals surface area (Å²) in [5, 5.41) is 5.01. The molecule has 0 aromatic heterocycles. The van der Waals surface area contributed by atoms with Crippen LogP contribution in [-0.2, 0) is 10.0 Å². The van der Waals surface area contributed by atoms with Gasteiger partial charge in [0.1, 0.15) is 4.90 Å². The Kier molecular flexibility index (Phi) is 4.71. The minimum absolute atomic E-state index is 0.00618. The number of primary sulfonamides is 1. The summed E-state index contributed by atoms with van der Waals surface area (Å²) in [7, 11) is -3.92. The summed E-state index contributed by atoms with van der Waals surface area (Å²) in [6.07, 6.45) is 0.603. The van der Waals surface area contributed by atoms with Gasteiger partial charge in [-0.1, -0.05) is 34.5 Å². The van der Waals surface area contributed by atoms with Crippen molar-refractivity contribution in [3.63, 3.8) is 0 Å². The van der Waals surface area contributed by atoms with E-state index in [1.54, 1.807) is 0 Å². The average molecular weight is 341 g/mol. The molecule has 0 radical (unpaired) electrons. The Morgan fingerprint density at radius 3 is 2.59 bits per heavy atom. The third-order valence-corrected chi connectivity index (χ3v) is 4.62. The molecule has 4 nitrogen and oxygen atoms in total. The summed E-state index contributed by atoms with van der Waals surface area (Å²) in [5.74, 6) is -0.200. The van der Waals surface area contributed by atoms with Gasteiger partial charge in [-0.05, 0) is 24.6 Å². The van der Waals surface area contributed by atoms with E-state index in [2.05, 4.69) is 15.9 Å². The van der Waals surface area contributed by atoms with Crippen molar-refractivity contribution in [2.24, 2.45) is 5.14 Å². The predicted octanol–water partition coefficient (Wildman–Crippen LogP) is 2.34. The Bertz CT molecular complexity index is 544. The number of carbonyl (C=O) groups is 1. The SMILES string of the molecule is CCC(Br)C(=O)c1ccc(Cl)c(S(N)(=O)=O)c1. The fraction of sp³-hybridized carbons (Fsp3) is 0.300. The van der Waals surface area contributed by atoms with Gasteiger partial charge < -0.3 is 0 Å². The molecular weight excluding hydrogens is 330 g/mol. The molecule has 7 heteroatoms. The quantitative estimate of drug-likeness (QED) is 0.675. The van der Waals surface area contributed by atoms with E-state index in [9.17, 15) is 13.2 Å². The van der Waals surface area contributed by atoms with Crippen LogP contribution in [0.2, 0.25) is 5.02 Å². The first-order chi connectivity index (χ1) is 7.77. The smallest absolute Gasteiger partial charge is 0.239 e. The number of sulfonamides is 1. The van der Waals surface area contributed by atoms with Crippen LogP contribution in [0.1, 0.15) is 23.7 Å². The highest BCUT2D eigenvalue weighted by atomic mass is 79.9. The largest absolute Gasteiger partial charge is 0.293 e. The van der Waals surface area contributed by atoms with Crippen LogP contribution in [0, 0.1) is 0 Å². The van der Waals surface area contributed by atoms with Gasteiger partial charge in [-0.15, -0.1) is 0 Å². The first-order valence-corrected chi connectivity index (χ1v) is 7.62. The molecule has 0 aliphatic heterocycles. The molecule has 94 valence electrons. The van der Waals surface area contributed by atoms with E-state index in [0.29, 0.717) is 6.42 Å². The molecule has 1 unspecified atom stereocenters. The van der Waals surface area contributed by atoms with Gasteiger partial charge in [0.25, 0.3) is 0 Å². The topological polar surface area (TPSA) is 77.2 Å². The van der Waals surface area contributed by atoms with Crippen molar-refractivity contribution in [3.05, 3.63) is 28.8 Å². The lowest BCUT2D eigenvalue weighted by atomic mass is 10.1. The van der Waals surface area contributed by atoms with E-state index >= 15 is 0 Å². The molecule has 1 aromatic rings. The minimum Gasteiger partial charge on any atom is -0.293 e. The number of hydrogen-bond acceptors (Lipinski definition) is 3.